The second kappa shape index (κ2) is 5.63. The average molecular weight is 350 g/mol. The third kappa shape index (κ3) is 3.34. The second-order valence-corrected chi connectivity index (χ2v) is 7.51. The third-order valence-electron chi connectivity index (χ3n) is 2.53. The number of aryl methyl sites for hydroxylation is 1. The lowest BCUT2D eigenvalue weighted by Gasteiger charge is -2.07. The molecule has 0 saturated heterocycles. The summed E-state index contributed by atoms with van der Waals surface area (Å²) in [6, 6.07) is 4.67. The minimum atomic E-state index is -4.08. The van der Waals surface area contributed by atoms with Crippen molar-refractivity contribution in [2.45, 2.75) is 11.1 Å². The molecule has 21 heavy (non-hydrogen) atoms. The van der Waals surface area contributed by atoms with E-state index in [-0.39, 0.29) is 19.8 Å². The van der Waals surface area contributed by atoms with Gasteiger partial charge >= 0.3 is 5.97 Å². The Hall–Kier alpha value is -1.64. The van der Waals surface area contributed by atoms with Gasteiger partial charge < -0.3 is 5.11 Å². The van der Waals surface area contributed by atoms with Gasteiger partial charge in [-0.1, -0.05) is 11.6 Å². The summed E-state index contributed by atoms with van der Waals surface area (Å²) < 4.78 is 39.7. The maximum atomic E-state index is 13.6. The van der Waals surface area contributed by atoms with Crippen molar-refractivity contribution >= 4 is 44.6 Å². The predicted octanol–water partition coefficient (Wildman–Crippen LogP) is 3.35. The minimum Gasteiger partial charge on any atom is -0.477 e. The van der Waals surface area contributed by atoms with Crippen LogP contribution in [0.3, 0.4) is 0 Å². The molecule has 9 heteroatoms. The number of aromatic carboxylic acids is 1. The lowest BCUT2D eigenvalue weighted by molar-refractivity contribution is 0.0701. The first-order valence-electron chi connectivity index (χ1n) is 5.52. The van der Waals surface area contributed by atoms with Crippen LogP contribution in [0.4, 0.5) is 10.1 Å². The van der Waals surface area contributed by atoms with E-state index in [0.717, 1.165) is 12.1 Å². The number of hydrogen-bond donors (Lipinski definition) is 2. The van der Waals surface area contributed by atoms with Crippen molar-refractivity contribution in [2.75, 3.05) is 4.72 Å². The van der Waals surface area contributed by atoms with E-state index in [1.165, 1.54) is 19.1 Å². The van der Waals surface area contributed by atoms with Gasteiger partial charge in [-0.25, -0.2) is 17.6 Å². The first kappa shape index (κ1) is 15.7. The predicted molar refractivity (Wildman–Crippen MR) is 78.2 cm³/mol. The highest BCUT2D eigenvalue weighted by atomic mass is 35.5. The molecule has 0 saturated carbocycles. The molecule has 1 heterocycles. The summed E-state index contributed by atoms with van der Waals surface area (Å²) >= 11 is 6.28. The monoisotopic (exact) mass is 349 g/mol. The molecular weight excluding hydrogens is 341 g/mol. The number of anilines is 1. The number of carbonyl (C=O) groups is 1. The van der Waals surface area contributed by atoms with Crippen LogP contribution in [0.25, 0.3) is 0 Å². The number of halogens is 2. The van der Waals surface area contributed by atoms with Gasteiger partial charge in [0.05, 0.1) is 5.69 Å². The van der Waals surface area contributed by atoms with Gasteiger partial charge in [0.25, 0.3) is 10.0 Å². The van der Waals surface area contributed by atoms with Gasteiger partial charge in [-0.15, -0.1) is 11.3 Å². The Morgan fingerprint density at radius 1 is 1.38 bits per heavy atom. The second-order valence-electron chi connectivity index (χ2n) is 4.11. The Morgan fingerprint density at radius 2 is 2.05 bits per heavy atom. The van der Waals surface area contributed by atoms with Gasteiger partial charge in [0, 0.05) is 5.02 Å². The van der Waals surface area contributed by atoms with E-state index in [2.05, 4.69) is 4.72 Å². The number of carboxylic acid groups (broad SMARTS) is 1. The normalized spacial score (nSPS) is 11.4. The molecule has 0 fully saturated rings. The number of rotatable bonds is 4. The molecule has 0 aliphatic heterocycles. The number of carboxylic acids is 1. The zero-order valence-electron chi connectivity index (χ0n) is 10.6. The van der Waals surface area contributed by atoms with Gasteiger partial charge in [-0.05, 0) is 36.8 Å². The van der Waals surface area contributed by atoms with Crippen molar-refractivity contribution in [3.63, 3.8) is 0 Å². The number of sulfonamides is 1. The van der Waals surface area contributed by atoms with Crippen LogP contribution in [0.1, 0.15) is 15.2 Å². The van der Waals surface area contributed by atoms with E-state index in [0.29, 0.717) is 16.9 Å². The first-order chi connectivity index (χ1) is 9.70. The first-order valence-corrected chi connectivity index (χ1v) is 8.20. The topological polar surface area (TPSA) is 83.5 Å². The Bertz CT molecular complexity index is 817. The highest BCUT2D eigenvalue weighted by Gasteiger charge is 2.22. The molecule has 0 unspecified atom stereocenters. The zero-order chi connectivity index (χ0) is 15.8. The number of hydrogen-bond acceptors (Lipinski definition) is 4. The van der Waals surface area contributed by atoms with Crippen LogP contribution in [0.15, 0.2) is 28.5 Å². The quantitative estimate of drug-likeness (QED) is 0.886. The summed E-state index contributed by atoms with van der Waals surface area (Å²) in [5.41, 5.74) is 0.0184. The summed E-state index contributed by atoms with van der Waals surface area (Å²) in [4.78, 5) is 10.9. The SMILES string of the molecule is Cc1cc(S(=O)(=O)Nc2cc(Cl)ccc2F)sc1C(=O)O. The van der Waals surface area contributed by atoms with E-state index in [4.69, 9.17) is 16.7 Å². The van der Waals surface area contributed by atoms with E-state index in [9.17, 15) is 17.6 Å². The zero-order valence-corrected chi connectivity index (χ0v) is 12.9. The van der Waals surface area contributed by atoms with Gasteiger partial charge in [0.2, 0.25) is 0 Å². The molecule has 1 aromatic heterocycles. The van der Waals surface area contributed by atoms with Gasteiger partial charge in [0.15, 0.2) is 0 Å². The van der Waals surface area contributed by atoms with Crippen LogP contribution in [0.5, 0.6) is 0 Å². The summed E-state index contributed by atoms with van der Waals surface area (Å²) in [5.74, 6) is -2.00. The molecule has 0 spiro atoms. The Morgan fingerprint density at radius 3 is 2.62 bits per heavy atom. The van der Waals surface area contributed by atoms with Crippen LogP contribution in [-0.2, 0) is 10.0 Å². The largest absolute Gasteiger partial charge is 0.477 e. The third-order valence-corrected chi connectivity index (χ3v) is 5.83. The fraction of sp³-hybridized carbons (Fsp3) is 0.0833. The number of benzene rings is 1. The average Bonchev–Trinajstić information content (AvgIpc) is 2.77. The van der Waals surface area contributed by atoms with Crippen LogP contribution >= 0.6 is 22.9 Å². The fourth-order valence-electron chi connectivity index (χ4n) is 1.57. The van der Waals surface area contributed by atoms with Gasteiger partial charge in [-0.3, -0.25) is 4.72 Å². The van der Waals surface area contributed by atoms with Crippen LogP contribution < -0.4 is 4.72 Å². The lowest BCUT2D eigenvalue weighted by atomic mass is 10.3. The molecule has 2 N–H and O–H groups in total. The Kier molecular flexibility index (Phi) is 4.22. The van der Waals surface area contributed by atoms with Crippen LogP contribution in [0, 0.1) is 12.7 Å². The molecule has 0 radical (unpaired) electrons. The standard InChI is InChI=1S/C12H9ClFNO4S2/c1-6-4-10(20-11(6)12(16)17)21(18,19)15-9-5-7(13)2-3-8(9)14/h2-5,15H,1H3,(H,16,17). The molecule has 0 aliphatic rings. The molecule has 112 valence electrons. The fourth-order valence-corrected chi connectivity index (χ4v) is 4.18. The molecule has 0 amide bonds. The van der Waals surface area contributed by atoms with Crippen LogP contribution in [-0.4, -0.2) is 19.5 Å². The minimum absolute atomic E-state index is 0.0815. The smallest absolute Gasteiger partial charge is 0.346 e. The maximum Gasteiger partial charge on any atom is 0.346 e. The van der Waals surface area contributed by atoms with E-state index >= 15 is 0 Å². The van der Waals surface area contributed by atoms with E-state index < -0.39 is 21.8 Å². The summed E-state index contributed by atoms with van der Waals surface area (Å²) in [7, 11) is -4.08. The molecule has 0 aliphatic carbocycles. The van der Waals surface area contributed by atoms with Crippen molar-refractivity contribution in [1.82, 2.24) is 0 Å². The Labute approximate surface area is 129 Å². The molecule has 2 aromatic rings. The summed E-state index contributed by atoms with van der Waals surface area (Å²) in [6.45, 7) is 1.49. The summed E-state index contributed by atoms with van der Waals surface area (Å²) in [5, 5.41) is 9.10. The van der Waals surface area contributed by atoms with E-state index in [1.54, 1.807) is 0 Å². The molecular formula is C12H9ClFNO4S2. The molecule has 0 atom stereocenters. The van der Waals surface area contributed by atoms with Gasteiger partial charge in [0.1, 0.15) is 14.9 Å². The highest BCUT2D eigenvalue weighted by Crippen LogP contribution is 2.29. The van der Waals surface area contributed by atoms with Crippen molar-refractivity contribution in [3.8, 4) is 0 Å². The molecule has 5 nitrogen and oxygen atoms in total. The van der Waals surface area contributed by atoms with Crippen molar-refractivity contribution in [2.24, 2.45) is 0 Å². The molecule has 2 rings (SSSR count). The number of thiophene rings is 1. The van der Waals surface area contributed by atoms with Crippen molar-refractivity contribution in [1.29, 1.82) is 0 Å². The molecule has 0 bridgehead atoms. The van der Waals surface area contributed by atoms with Gasteiger partial charge in [-0.2, -0.15) is 0 Å². The Balaban J connectivity index is 2.41. The number of nitrogens with one attached hydrogen (secondary N) is 1. The van der Waals surface area contributed by atoms with Crippen LogP contribution in [0.2, 0.25) is 5.02 Å². The molecule has 1 aromatic carbocycles. The summed E-state index contributed by atoms with van der Waals surface area (Å²) in [6.07, 6.45) is 0. The van der Waals surface area contributed by atoms with Crippen molar-refractivity contribution in [3.05, 3.63) is 45.5 Å². The van der Waals surface area contributed by atoms with Crippen molar-refractivity contribution < 1.29 is 22.7 Å². The van der Waals surface area contributed by atoms with E-state index in [1.807, 2.05) is 0 Å². The lowest BCUT2D eigenvalue weighted by Crippen LogP contribution is -2.12. The maximum absolute atomic E-state index is 13.6. The highest BCUT2D eigenvalue weighted by molar-refractivity contribution is 7.94.